The van der Waals surface area contributed by atoms with Gasteiger partial charge in [-0.2, -0.15) is 0 Å². The molecule has 0 radical (unpaired) electrons. The molecule has 6 nitrogen and oxygen atoms in total. The van der Waals surface area contributed by atoms with Gasteiger partial charge >= 0.3 is 0 Å². The highest BCUT2D eigenvalue weighted by atomic mass is 79.9. The van der Waals surface area contributed by atoms with Gasteiger partial charge in [0.05, 0.1) is 22.9 Å². The molecule has 0 saturated carbocycles. The third-order valence-corrected chi connectivity index (χ3v) is 5.23. The number of anilines is 2. The molecule has 0 aromatic carbocycles. The molecule has 1 saturated heterocycles. The van der Waals surface area contributed by atoms with Crippen molar-refractivity contribution in [3.05, 3.63) is 52.1 Å². The van der Waals surface area contributed by atoms with Gasteiger partial charge in [-0.15, -0.1) is 0 Å². The minimum absolute atomic E-state index is 0.637. The van der Waals surface area contributed by atoms with Crippen LogP contribution in [0, 0.1) is 0 Å². The van der Waals surface area contributed by atoms with Gasteiger partial charge in [-0.05, 0) is 41.2 Å². The molecule has 3 aromatic rings. The van der Waals surface area contributed by atoms with Crippen molar-refractivity contribution in [1.29, 1.82) is 0 Å². The Kier molecular flexibility index (Phi) is 5.02. The summed E-state index contributed by atoms with van der Waals surface area (Å²) in [6.07, 6.45) is 5.71. The maximum absolute atomic E-state index is 6.36. The third kappa shape index (κ3) is 3.79. The molecule has 0 spiro atoms. The predicted octanol–water partition coefficient (Wildman–Crippen LogP) is 3.51. The zero-order valence-corrected chi connectivity index (χ0v) is 16.8. The van der Waals surface area contributed by atoms with Gasteiger partial charge in [-0.25, -0.2) is 9.97 Å². The first-order valence-electron chi connectivity index (χ1n) is 8.54. The first kappa shape index (κ1) is 17.6. The van der Waals surface area contributed by atoms with Gasteiger partial charge in [0.2, 0.25) is 0 Å². The summed E-state index contributed by atoms with van der Waals surface area (Å²) in [5.74, 6) is 0. The molecule has 26 heavy (non-hydrogen) atoms. The molecule has 1 fully saturated rings. The number of piperazine rings is 1. The quantitative estimate of drug-likeness (QED) is 0.636. The summed E-state index contributed by atoms with van der Waals surface area (Å²) < 4.78 is 2.83. The van der Waals surface area contributed by atoms with Crippen LogP contribution in [0.1, 0.15) is 5.69 Å². The molecule has 0 amide bonds. The van der Waals surface area contributed by atoms with E-state index >= 15 is 0 Å². The fourth-order valence-corrected chi connectivity index (χ4v) is 3.74. The summed E-state index contributed by atoms with van der Waals surface area (Å²) in [5, 5.41) is 4.11. The lowest BCUT2D eigenvalue weighted by molar-refractivity contribution is 0.313. The van der Waals surface area contributed by atoms with E-state index in [4.69, 9.17) is 16.6 Å². The largest absolute Gasteiger partial charge is 0.379 e. The Morgan fingerprint density at radius 3 is 2.77 bits per heavy atom. The van der Waals surface area contributed by atoms with Gasteiger partial charge in [0.1, 0.15) is 4.60 Å². The summed E-state index contributed by atoms with van der Waals surface area (Å²) in [7, 11) is 2.15. The van der Waals surface area contributed by atoms with E-state index in [0.29, 0.717) is 6.54 Å². The maximum atomic E-state index is 6.36. The number of hydrogen-bond donors (Lipinski definition) is 1. The number of imidazole rings is 1. The number of nitrogens with zero attached hydrogens (tertiary/aromatic N) is 5. The third-order valence-electron chi connectivity index (χ3n) is 4.59. The number of hydrogen-bond acceptors (Lipinski definition) is 5. The van der Waals surface area contributed by atoms with Gasteiger partial charge in [0.15, 0.2) is 5.65 Å². The molecule has 0 atom stereocenters. The van der Waals surface area contributed by atoms with Crippen LogP contribution >= 0.6 is 27.5 Å². The molecule has 4 heterocycles. The average molecular weight is 436 g/mol. The number of pyridine rings is 2. The standard InChI is InChI=1S/C18H20BrClN6/c1-24-4-6-25(7-5-24)16-8-13(20)11-26-12-15(23-18(16)26)10-22-14-2-3-21-17(19)9-14/h2-3,8-9,11-12H,4-7,10H2,1H3,(H,21,22). The number of aromatic nitrogens is 3. The maximum Gasteiger partial charge on any atom is 0.160 e. The lowest BCUT2D eigenvalue weighted by Crippen LogP contribution is -2.44. The van der Waals surface area contributed by atoms with E-state index in [1.54, 1.807) is 6.20 Å². The van der Waals surface area contributed by atoms with Crippen LogP contribution < -0.4 is 10.2 Å². The van der Waals surface area contributed by atoms with E-state index in [1.807, 2.05) is 35.0 Å². The highest BCUT2D eigenvalue weighted by Gasteiger charge is 2.18. The lowest BCUT2D eigenvalue weighted by Gasteiger charge is -2.34. The van der Waals surface area contributed by atoms with Crippen molar-refractivity contribution in [2.75, 3.05) is 43.4 Å². The van der Waals surface area contributed by atoms with Crippen molar-refractivity contribution in [3.63, 3.8) is 0 Å². The highest BCUT2D eigenvalue weighted by Crippen LogP contribution is 2.27. The van der Waals surface area contributed by atoms with Crippen molar-refractivity contribution in [2.24, 2.45) is 0 Å². The van der Waals surface area contributed by atoms with Crippen LogP contribution in [0.15, 0.2) is 41.4 Å². The SMILES string of the molecule is CN1CCN(c2cc(Cl)cn3cc(CNc4ccnc(Br)c4)nc23)CC1. The van der Waals surface area contributed by atoms with Gasteiger partial charge in [0, 0.05) is 50.5 Å². The molecule has 0 bridgehead atoms. The van der Waals surface area contributed by atoms with Crippen LogP contribution in [0.4, 0.5) is 11.4 Å². The van der Waals surface area contributed by atoms with E-state index < -0.39 is 0 Å². The molecule has 8 heteroatoms. The Morgan fingerprint density at radius 1 is 1.19 bits per heavy atom. The molecule has 1 N–H and O–H groups in total. The molecule has 4 rings (SSSR count). The van der Waals surface area contributed by atoms with Crippen molar-refractivity contribution < 1.29 is 0 Å². The molecule has 0 unspecified atom stereocenters. The summed E-state index contributed by atoms with van der Waals surface area (Å²) in [4.78, 5) is 13.7. The van der Waals surface area contributed by atoms with E-state index in [1.165, 1.54) is 0 Å². The number of halogens is 2. The summed E-state index contributed by atoms with van der Waals surface area (Å²) in [6, 6.07) is 5.90. The van der Waals surface area contributed by atoms with Crippen LogP contribution in [0.2, 0.25) is 5.02 Å². The zero-order chi connectivity index (χ0) is 18.1. The lowest BCUT2D eigenvalue weighted by atomic mass is 10.3. The average Bonchev–Trinajstić information content (AvgIpc) is 3.03. The molecule has 136 valence electrons. The van der Waals surface area contributed by atoms with E-state index in [2.05, 4.69) is 43.1 Å². The second-order valence-corrected chi connectivity index (χ2v) is 7.77. The second-order valence-electron chi connectivity index (χ2n) is 6.52. The summed E-state index contributed by atoms with van der Waals surface area (Å²) in [5.41, 5.74) is 4.02. The smallest absolute Gasteiger partial charge is 0.160 e. The minimum atomic E-state index is 0.637. The van der Waals surface area contributed by atoms with E-state index in [9.17, 15) is 0 Å². The van der Waals surface area contributed by atoms with Gasteiger partial charge < -0.3 is 19.5 Å². The molecule has 1 aliphatic heterocycles. The van der Waals surface area contributed by atoms with Crippen molar-refractivity contribution in [3.8, 4) is 0 Å². The van der Waals surface area contributed by atoms with Crippen LogP contribution in [0.3, 0.4) is 0 Å². The van der Waals surface area contributed by atoms with Crippen LogP contribution in [0.25, 0.3) is 5.65 Å². The van der Waals surface area contributed by atoms with Gasteiger partial charge in [-0.1, -0.05) is 11.6 Å². The van der Waals surface area contributed by atoms with Crippen molar-refractivity contribution in [2.45, 2.75) is 6.54 Å². The topological polar surface area (TPSA) is 48.7 Å². The first-order chi connectivity index (χ1) is 12.6. The van der Waals surface area contributed by atoms with Gasteiger partial charge in [0.25, 0.3) is 0 Å². The fraction of sp³-hybridized carbons (Fsp3) is 0.333. The molecule has 3 aromatic heterocycles. The minimum Gasteiger partial charge on any atom is -0.379 e. The molecular formula is C18H20BrClN6. The first-order valence-corrected chi connectivity index (χ1v) is 9.71. The monoisotopic (exact) mass is 434 g/mol. The Labute approximate surface area is 165 Å². The molecule has 1 aliphatic rings. The summed E-state index contributed by atoms with van der Waals surface area (Å²) >= 11 is 9.75. The van der Waals surface area contributed by atoms with Crippen molar-refractivity contribution in [1.82, 2.24) is 19.3 Å². The number of nitrogens with one attached hydrogen (secondary N) is 1. The van der Waals surface area contributed by atoms with E-state index in [0.717, 1.165) is 58.5 Å². The van der Waals surface area contributed by atoms with Crippen LogP contribution in [-0.4, -0.2) is 52.5 Å². The Morgan fingerprint density at radius 2 is 2.00 bits per heavy atom. The normalized spacial score (nSPS) is 15.6. The number of rotatable bonds is 4. The Balaban J connectivity index is 1.59. The second kappa shape index (κ2) is 7.42. The Bertz CT molecular complexity index is 919. The van der Waals surface area contributed by atoms with Crippen molar-refractivity contribution >= 4 is 44.6 Å². The molecular weight excluding hydrogens is 416 g/mol. The Hall–Kier alpha value is -1.83. The van der Waals surface area contributed by atoms with Crippen LogP contribution in [-0.2, 0) is 6.54 Å². The highest BCUT2D eigenvalue weighted by molar-refractivity contribution is 9.10. The molecule has 0 aliphatic carbocycles. The van der Waals surface area contributed by atoms with Crippen LogP contribution in [0.5, 0.6) is 0 Å². The van der Waals surface area contributed by atoms with E-state index in [-0.39, 0.29) is 0 Å². The number of fused-ring (bicyclic) bond motifs is 1. The summed E-state index contributed by atoms with van der Waals surface area (Å²) in [6.45, 7) is 4.70. The fourth-order valence-electron chi connectivity index (χ4n) is 3.17. The zero-order valence-electron chi connectivity index (χ0n) is 14.5. The number of likely N-dealkylation sites (N-methyl/N-ethyl adjacent to an activating group) is 1. The predicted molar refractivity (Wildman–Crippen MR) is 109 cm³/mol. The van der Waals surface area contributed by atoms with Gasteiger partial charge in [-0.3, -0.25) is 0 Å².